The molecule has 6 nitrogen and oxygen atoms in total. The highest BCUT2D eigenvalue weighted by Crippen LogP contribution is 2.45. The molecule has 4 aliphatic heterocycles. The Kier molecular flexibility index (Phi) is 4.37. The molecule has 1 aromatic carbocycles. The third-order valence-corrected chi connectivity index (χ3v) is 7.78. The number of fused-ring (bicyclic) bond motifs is 7. The maximum absolute atomic E-state index is 13.6. The van der Waals surface area contributed by atoms with Gasteiger partial charge in [-0.25, -0.2) is 0 Å². The Morgan fingerprint density at radius 2 is 2.10 bits per heavy atom. The topological polar surface area (TPSA) is 61.9 Å². The summed E-state index contributed by atoms with van der Waals surface area (Å²) >= 11 is 0. The minimum atomic E-state index is -0.174. The fraction of sp³-hybridized carbons (Fsp3) is 0.583. The number of hydrogen-bond acceptors (Lipinski definition) is 4. The van der Waals surface area contributed by atoms with Gasteiger partial charge < -0.3 is 15.0 Å². The van der Waals surface area contributed by atoms with Crippen LogP contribution in [0, 0.1) is 11.8 Å². The van der Waals surface area contributed by atoms with Crippen LogP contribution in [-0.4, -0.2) is 59.9 Å². The van der Waals surface area contributed by atoms with Crippen molar-refractivity contribution in [1.29, 1.82) is 0 Å². The Labute approximate surface area is 177 Å². The van der Waals surface area contributed by atoms with Crippen molar-refractivity contribution in [3.63, 3.8) is 0 Å². The van der Waals surface area contributed by atoms with Gasteiger partial charge in [-0.2, -0.15) is 0 Å². The summed E-state index contributed by atoms with van der Waals surface area (Å²) in [5, 5.41) is 2.83. The lowest BCUT2D eigenvalue weighted by Crippen LogP contribution is -2.60. The summed E-state index contributed by atoms with van der Waals surface area (Å²) in [5.74, 6) is 1.74. The highest BCUT2D eigenvalue weighted by molar-refractivity contribution is 6.00. The summed E-state index contributed by atoms with van der Waals surface area (Å²) < 4.78 is 5.45. The maximum Gasteiger partial charge on any atom is 0.262 e. The number of nitrogens with zero attached hydrogens (tertiary/aromatic N) is 2. The highest BCUT2D eigenvalue weighted by Gasteiger charge is 2.47. The van der Waals surface area contributed by atoms with Crippen LogP contribution in [0.2, 0.25) is 0 Å². The van der Waals surface area contributed by atoms with Crippen LogP contribution in [0.5, 0.6) is 5.75 Å². The van der Waals surface area contributed by atoms with E-state index in [1.54, 1.807) is 12.1 Å². The molecular formula is C24H29N3O3. The van der Waals surface area contributed by atoms with E-state index < -0.39 is 0 Å². The van der Waals surface area contributed by atoms with Crippen molar-refractivity contribution < 1.29 is 14.3 Å². The number of ether oxygens (including phenoxy) is 1. The third kappa shape index (κ3) is 2.96. The molecule has 0 aromatic heterocycles. The zero-order chi connectivity index (χ0) is 20.2. The number of nitrogens with one attached hydrogen (secondary N) is 1. The van der Waals surface area contributed by atoms with Crippen LogP contribution in [0.1, 0.15) is 48.9 Å². The number of piperidine rings is 3. The summed E-state index contributed by atoms with van der Waals surface area (Å²) in [5.41, 5.74) is 2.73. The van der Waals surface area contributed by atoms with E-state index >= 15 is 0 Å². The molecule has 2 amide bonds. The lowest BCUT2D eigenvalue weighted by molar-refractivity contribution is -0.118. The molecule has 1 aromatic rings. The van der Waals surface area contributed by atoms with Crippen molar-refractivity contribution in [3.05, 3.63) is 35.4 Å². The molecule has 6 heteroatoms. The van der Waals surface area contributed by atoms with Crippen LogP contribution >= 0.6 is 0 Å². The van der Waals surface area contributed by atoms with Crippen LogP contribution in [-0.2, 0) is 4.79 Å². The summed E-state index contributed by atoms with van der Waals surface area (Å²) in [6.45, 7) is 3.18. The van der Waals surface area contributed by atoms with Crippen LogP contribution < -0.4 is 10.1 Å². The first-order valence-corrected chi connectivity index (χ1v) is 11.5. The molecule has 1 aliphatic carbocycles. The zero-order valence-corrected chi connectivity index (χ0v) is 17.3. The maximum atomic E-state index is 13.6. The third-order valence-electron chi connectivity index (χ3n) is 7.78. The second-order valence-electron chi connectivity index (χ2n) is 9.55. The second-order valence-corrected chi connectivity index (χ2v) is 9.55. The normalized spacial score (nSPS) is 32.7. The quantitative estimate of drug-likeness (QED) is 0.727. The Balaban J connectivity index is 1.30. The van der Waals surface area contributed by atoms with E-state index in [2.05, 4.69) is 21.2 Å². The number of carbonyl (C=O) groups excluding carboxylic acids is 2. The summed E-state index contributed by atoms with van der Waals surface area (Å²) in [7, 11) is 0. The van der Waals surface area contributed by atoms with Crippen molar-refractivity contribution in [2.45, 2.75) is 50.6 Å². The number of likely N-dealkylation sites (tertiary alicyclic amines) is 1. The van der Waals surface area contributed by atoms with Crippen LogP contribution in [0.15, 0.2) is 29.8 Å². The van der Waals surface area contributed by atoms with Gasteiger partial charge in [0.2, 0.25) is 0 Å². The zero-order valence-electron chi connectivity index (χ0n) is 17.3. The van der Waals surface area contributed by atoms with Crippen molar-refractivity contribution >= 4 is 17.5 Å². The predicted octanol–water partition coefficient (Wildman–Crippen LogP) is 3.05. The number of anilines is 1. The van der Waals surface area contributed by atoms with Gasteiger partial charge in [0.25, 0.3) is 11.8 Å². The fourth-order valence-electron chi connectivity index (χ4n) is 6.58. The summed E-state index contributed by atoms with van der Waals surface area (Å²) in [6.07, 6.45) is 9.92. The Morgan fingerprint density at radius 1 is 1.17 bits per heavy atom. The van der Waals surface area contributed by atoms with Gasteiger partial charge in [-0.05, 0) is 68.7 Å². The number of carbonyl (C=O) groups is 2. The van der Waals surface area contributed by atoms with Crippen LogP contribution in [0.25, 0.3) is 0 Å². The van der Waals surface area contributed by atoms with E-state index in [0.717, 1.165) is 32.0 Å². The molecule has 3 saturated heterocycles. The van der Waals surface area contributed by atoms with Crippen LogP contribution in [0.3, 0.4) is 0 Å². The van der Waals surface area contributed by atoms with Crippen molar-refractivity contribution in [2.75, 3.05) is 31.6 Å². The van der Waals surface area contributed by atoms with E-state index in [1.165, 1.54) is 37.8 Å². The smallest absolute Gasteiger partial charge is 0.262 e. The number of rotatable bonds is 1. The number of hydrogen-bond donors (Lipinski definition) is 1. The van der Waals surface area contributed by atoms with E-state index in [0.29, 0.717) is 28.8 Å². The Bertz CT molecular complexity index is 926. The van der Waals surface area contributed by atoms with Gasteiger partial charge >= 0.3 is 0 Å². The first-order chi connectivity index (χ1) is 14.7. The Hall–Kier alpha value is -2.34. The van der Waals surface area contributed by atoms with Gasteiger partial charge in [-0.3, -0.25) is 14.5 Å². The molecule has 0 radical (unpaired) electrons. The van der Waals surface area contributed by atoms with Gasteiger partial charge in [0, 0.05) is 24.7 Å². The summed E-state index contributed by atoms with van der Waals surface area (Å²) in [4.78, 5) is 30.1. The van der Waals surface area contributed by atoms with Gasteiger partial charge in [0.1, 0.15) is 5.75 Å². The van der Waals surface area contributed by atoms with Crippen LogP contribution in [0.4, 0.5) is 5.69 Å². The first kappa shape index (κ1) is 18.4. The van der Waals surface area contributed by atoms with E-state index in [9.17, 15) is 9.59 Å². The lowest BCUT2D eigenvalue weighted by Gasteiger charge is -2.54. The fourth-order valence-corrected chi connectivity index (χ4v) is 6.58. The number of benzene rings is 1. The molecule has 0 spiro atoms. The second kappa shape index (κ2) is 7.12. The van der Waals surface area contributed by atoms with Gasteiger partial charge in [0.15, 0.2) is 6.61 Å². The van der Waals surface area contributed by atoms with Gasteiger partial charge in [0.05, 0.1) is 11.7 Å². The SMILES string of the molecule is O=C1COc2ccc(C(=O)N3CCCC4=CC5CC(CN6CCCC[C@H]56)[C@@H]43)cc2N1. The van der Waals surface area contributed by atoms with Crippen molar-refractivity contribution in [1.82, 2.24) is 9.80 Å². The van der Waals surface area contributed by atoms with Gasteiger partial charge in [-0.15, -0.1) is 0 Å². The first-order valence-electron chi connectivity index (χ1n) is 11.5. The molecule has 2 unspecified atom stereocenters. The molecule has 0 saturated carbocycles. The van der Waals surface area contributed by atoms with Crippen molar-refractivity contribution in [3.8, 4) is 5.75 Å². The molecule has 4 heterocycles. The minimum absolute atomic E-state index is 0.0307. The number of amides is 2. The molecule has 6 rings (SSSR count). The molecule has 2 bridgehead atoms. The Morgan fingerprint density at radius 3 is 3.03 bits per heavy atom. The standard InChI is InChI=1S/C24H29N3O3/c28-22-14-30-21-7-6-16(12-19(21)25-22)24(29)27-9-3-4-15-10-17-11-18(23(15)27)13-26-8-2-1-5-20(17)26/h6-7,10,12,17-18,20,23H,1-5,8-9,11,13-14H2,(H,25,28)/t17?,18?,20-,23-/m1/s1. The summed E-state index contributed by atoms with van der Waals surface area (Å²) in [6, 6.07) is 6.37. The molecule has 30 heavy (non-hydrogen) atoms. The van der Waals surface area contributed by atoms with E-state index in [4.69, 9.17) is 4.74 Å². The highest BCUT2D eigenvalue weighted by atomic mass is 16.5. The molecule has 158 valence electrons. The predicted molar refractivity (Wildman–Crippen MR) is 114 cm³/mol. The molecule has 1 N–H and O–H groups in total. The van der Waals surface area contributed by atoms with Gasteiger partial charge in [-0.1, -0.05) is 18.1 Å². The minimum Gasteiger partial charge on any atom is -0.482 e. The molecular weight excluding hydrogens is 378 g/mol. The average Bonchev–Trinajstić information content (AvgIpc) is 2.78. The average molecular weight is 408 g/mol. The van der Waals surface area contributed by atoms with E-state index in [1.807, 2.05) is 6.07 Å². The molecule has 4 atom stereocenters. The monoisotopic (exact) mass is 407 g/mol. The largest absolute Gasteiger partial charge is 0.482 e. The molecule has 5 aliphatic rings. The lowest BCUT2D eigenvalue weighted by atomic mass is 9.68. The van der Waals surface area contributed by atoms with E-state index in [-0.39, 0.29) is 24.5 Å². The molecule has 3 fully saturated rings. The van der Waals surface area contributed by atoms with Crippen molar-refractivity contribution in [2.24, 2.45) is 11.8 Å².